The molecule has 0 bridgehead atoms. The Morgan fingerprint density at radius 2 is 2.08 bits per heavy atom. The maximum absolute atomic E-state index is 12.0. The lowest BCUT2D eigenvalue weighted by Gasteiger charge is -2.02. The molecule has 0 aliphatic rings. The topological polar surface area (TPSA) is 92.4 Å². The van der Waals surface area contributed by atoms with E-state index >= 15 is 0 Å². The van der Waals surface area contributed by atoms with Crippen LogP contribution < -0.4 is 5.32 Å². The number of carboxylic acids is 1. The van der Waals surface area contributed by atoms with Gasteiger partial charge in [-0.1, -0.05) is 11.6 Å². The summed E-state index contributed by atoms with van der Waals surface area (Å²) in [5.74, 6) is -1.57. The number of halogens is 1. The molecule has 0 saturated heterocycles. The Morgan fingerprint density at radius 3 is 2.76 bits per heavy atom. The molecule has 3 rings (SSSR count). The van der Waals surface area contributed by atoms with Crippen molar-refractivity contribution in [1.29, 1.82) is 0 Å². The van der Waals surface area contributed by atoms with E-state index in [4.69, 9.17) is 21.1 Å². The highest BCUT2D eigenvalue weighted by atomic mass is 35.5. The molecule has 0 aliphatic carbocycles. The fourth-order valence-corrected chi connectivity index (χ4v) is 2.45. The first kappa shape index (κ1) is 16.7. The van der Waals surface area contributed by atoms with Crippen LogP contribution in [0.4, 0.5) is 5.69 Å². The third-order valence-electron chi connectivity index (χ3n) is 3.55. The molecule has 126 valence electrons. The number of rotatable bonds is 4. The van der Waals surface area contributed by atoms with Gasteiger partial charge in [-0.2, -0.15) is 0 Å². The number of furan rings is 1. The lowest BCUT2D eigenvalue weighted by Crippen LogP contribution is -2.07. The fourth-order valence-electron chi connectivity index (χ4n) is 2.33. The number of carbonyl (C=O) groups is 2. The molecule has 0 aliphatic heterocycles. The van der Waals surface area contributed by atoms with Crippen molar-refractivity contribution >= 4 is 46.2 Å². The van der Waals surface area contributed by atoms with Crippen molar-refractivity contribution in [2.45, 2.75) is 6.92 Å². The summed E-state index contributed by atoms with van der Waals surface area (Å²) in [6, 6.07) is 8.31. The molecule has 0 fully saturated rings. The first-order chi connectivity index (χ1) is 11.9. The monoisotopic (exact) mass is 356 g/mol. The van der Waals surface area contributed by atoms with Gasteiger partial charge in [0.15, 0.2) is 0 Å². The highest BCUT2D eigenvalue weighted by molar-refractivity contribution is 6.30. The largest absolute Gasteiger partial charge is 0.475 e. The Morgan fingerprint density at radius 1 is 1.28 bits per heavy atom. The van der Waals surface area contributed by atoms with E-state index in [1.807, 2.05) is 0 Å². The summed E-state index contributed by atoms with van der Waals surface area (Å²) >= 11 is 5.75. The highest BCUT2D eigenvalue weighted by Gasteiger charge is 2.16. The van der Waals surface area contributed by atoms with E-state index in [-0.39, 0.29) is 11.7 Å². The SMILES string of the molecule is Cc1c(C(=O)O)oc2ccc(NC(=O)/C=C/c3ccc(Cl)cn3)cc12. The van der Waals surface area contributed by atoms with Gasteiger partial charge in [0.2, 0.25) is 11.7 Å². The predicted octanol–water partition coefficient (Wildman–Crippen LogP) is 4.14. The number of aromatic nitrogens is 1. The maximum atomic E-state index is 12.0. The fraction of sp³-hybridized carbons (Fsp3) is 0.0556. The number of pyridine rings is 1. The summed E-state index contributed by atoms with van der Waals surface area (Å²) < 4.78 is 5.29. The van der Waals surface area contributed by atoms with Crippen LogP contribution in [0, 0.1) is 6.92 Å². The molecule has 0 saturated carbocycles. The normalized spacial score (nSPS) is 11.1. The van der Waals surface area contributed by atoms with Gasteiger partial charge in [-0.15, -0.1) is 0 Å². The second kappa shape index (κ2) is 6.78. The van der Waals surface area contributed by atoms with E-state index in [0.717, 1.165) is 0 Å². The van der Waals surface area contributed by atoms with E-state index in [1.54, 1.807) is 43.3 Å². The molecule has 0 unspecified atom stereocenters. The van der Waals surface area contributed by atoms with Gasteiger partial charge in [-0.05, 0) is 43.3 Å². The minimum absolute atomic E-state index is 0.104. The third-order valence-corrected chi connectivity index (χ3v) is 3.78. The summed E-state index contributed by atoms with van der Waals surface area (Å²) in [4.78, 5) is 27.2. The predicted molar refractivity (Wildman–Crippen MR) is 94.8 cm³/mol. The Balaban J connectivity index is 1.78. The Bertz CT molecular complexity index is 990. The Kier molecular flexibility index (Phi) is 4.54. The van der Waals surface area contributed by atoms with Crippen molar-refractivity contribution in [3.63, 3.8) is 0 Å². The van der Waals surface area contributed by atoms with Crippen LogP contribution in [0.3, 0.4) is 0 Å². The van der Waals surface area contributed by atoms with Crippen LogP contribution in [0.2, 0.25) is 5.02 Å². The van der Waals surface area contributed by atoms with Crippen LogP contribution in [0.1, 0.15) is 21.8 Å². The molecule has 1 amide bonds. The molecular formula is C18H13ClN2O4. The zero-order valence-electron chi connectivity index (χ0n) is 13.1. The zero-order valence-corrected chi connectivity index (χ0v) is 13.9. The van der Waals surface area contributed by atoms with Gasteiger partial charge in [0.25, 0.3) is 0 Å². The van der Waals surface area contributed by atoms with Crippen LogP contribution in [0.5, 0.6) is 0 Å². The number of aromatic carboxylic acids is 1. The summed E-state index contributed by atoms with van der Waals surface area (Å²) in [7, 11) is 0. The molecule has 1 aromatic carbocycles. The van der Waals surface area contributed by atoms with Crippen LogP contribution in [-0.2, 0) is 4.79 Å². The smallest absolute Gasteiger partial charge is 0.372 e. The van der Waals surface area contributed by atoms with Gasteiger partial charge in [-0.3, -0.25) is 9.78 Å². The Hall–Kier alpha value is -3.12. The van der Waals surface area contributed by atoms with Gasteiger partial charge in [0, 0.05) is 28.9 Å². The molecule has 25 heavy (non-hydrogen) atoms. The third kappa shape index (κ3) is 3.70. The summed E-state index contributed by atoms with van der Waals surface area (Å²) in [5.41, 5.74) is 2.10. The maximum Gasteiger partial charge on any atom is 0.372 e. The molecule has 2 heterocycles. The van der Waals surface area contributed by atoms with Gasteiger partial charge in [-0.25, -0.2) is 4.79 Å². The van der Waals surface area contributed by atoms with Crippen molar-refractivity contribution < 1.29 is 19.1 Å². The average molecular weight is 357 g/mol. The van der Waals surface area contributed by atoms with Gasteiger partial charge in [0.05, 0.1) is 10.7 Å². The van der Waals surface area contributed by atoms with Crippen molar-refractivity contribution in [3.8, 4) is 0 Å². The minimum atomic E-state index is -1.13. The zero-order chi connectivity index (χ0) is 18.0. The van der Waals surface area contributed by atoms with Crippen molar-refractivity contribution in [3.05, 3.63) is 64.6 Å². The summed E-state index contributed by atoms with van der Waals surface area (Å²) in [6.07, 6.45) is 4.41. The number of aryl methyl sites for hydroxylation is 1. The van der Waals surface area contributed by atoms with Crippen molar-refractivity contribution in [1.82, 2.24) is 4.98 Å². The number of benzene rings is 1. The van der Waals surface area contributed by atoms with Crippen LogP contribution in [0.25, 0.3) is 17.0 Å². The van der Waals surface area contributed by atoms with E-state index in [9.17, 15) is 9.59 Å². The number of anilines is 1. The number of fused-ring (bicyclic) bond motifs is 1. The summed E-state index contributed by atoms with van der Waals surface area (Å²) in [6.45, 7) is 1.66. The van der Waals surface area contributed by atoms with Crippen LogP contribution in [-0.4, -0.2) is 22.0 Å². The van der Waals surface area contributed by atoms with E-state index < -0.39 is 5.97 Å². The molecule has 0 spiro atoms. The molecule has 2 N–H and O–H groups in total. The number of carboxylic acid groups (broad SMARTS) is 1. The number of nitrogens with one attached hydrogen (secondary N) is 1. The first-order valence-corrected chi connectivity index (χ1v) is 7.69. The lowest BCUT2D eigenvalue weighted by molar-refractivity contribution is -0.111. The molecular weight excluding hydrogens is 344 g/mol. The van der Waals surface area contributed by atoms with Gasteiger partial charge < -0.3 is 14.8 Å². The van der Waals surface area contributed by atoms with E-state index in [2.05, 4.69) is 10.3 Å². The molecule has 3 aromatic rings. The van der Waals surface area contributed by atoms with Crippen LogP contribution >= 0.6 is 11.6 Å². The van der Waals surface area contributed by atoms with Crippen LogP contribution in [0.15, 0.2) is 47.0 Å². The molecule has 7 heteroatoms. The first-order valence-electron chi connectivity index (χ1n) is 7.31. The number of nitrogens with zero attached hydrogens (tertiary/aromatic N) is 1. The number of hydrogen-bond acceptors (Lipinski definition) is 4. The lowest BCUT2D eigenvalue weighted by atomic mass is 10.1. The second-order valence-electron chi connectivity index (χ2n) is 5.30. The molecule has 2 aromatic heterocycles. The number of hydrogen-bond donors (Lipinski definition) is 2. The average Bonchev–Trinajstić information content (AvgIpc) is 2.91. The summed E-state index contributed by atoms with van der Waals surface area (Å²) in [5, 5.41) is 13.0. The van der Waals surface area contributed by atoms with Gasteiger partial charge in [0.1, 0.15) is 5.58 Å². The quantitative estimate of drug-likeness (QED) is 0.685. The standard InChI is InChI=1S/C18H13ClN2O4/c1-10-14-8-13(4-6-15(14)25-17(10)18(23)24)21-16(22)7-5-12-3-2-11(19)9-20-12/h2-9H,1H3,(H,21,22)(H,23,24)/b7-5+. The second-order valence-corrected chi connectivity index (χ2v) is 5.73. The molecule has 0 atom stereocenters. The highest BCUT2D eigenvalue weighted by Crippen LogP contribution is 2.28. The number of amides is 1. The van der Waals surface area contributed by atoms with Gasteiger partial charge >= 0.3 is 5.97 Å². The van der Waals surface area contributed by atoms with Crippen molar-refractivity contribution in [2.75, 3.05) is 5.32 Å². The number of carbonyl (C=O) groups excluding carboxylic acids is 1. The van der Waals surface area contributed by atoms with E-state index in [1.165, 1.54) is 12.3 Å². The molecule has 0 radical (unpaired) electrons. The minimum Gasteiger partial charge on any atom is -0.475 e. The molecule has 6 nitrogen and oxygen atoms in total. The Labute approximate surface area is 147 Å². The van der Waals surface area contributed by atoms with Crippen molar-refractivity contribution in [2.24, 2.45) is 0 Å². The van der Waals surface area contributed by atoms with E-state index in [0.29, 0.717) is 32.9 Å².